The van der Waals surface area contributed by atoms with Gasteiger partial charge in [-0.1, -0.05) is 17.7 Å². The Labute approximate surface area is 237 Å². The Morgan fingerprint density at radius 3 is 2.44 bits per heavy atom. The topological polar surface area (TPSA) is 130 Å². The van der Waals surface area contributed by atoms with Gasteiger partial charge in [0.25, 0.3) is 11.8 Å². The summed E-state index contributed by atoms with van der Waals surface area (Å²) in [6.07, 6.45) is -2.86. The van der Waals surface area contributed by atoms with Crippen LogP contribution < -0.4 is 20.7 Å². The van der Waals surface area contributed by atoms with E-state index in [4.69, 9.17) is 16.3 Å². The minimum Gasteiger partial charge on any atom is -0.495 e. The van der Waals surface area contributed by atoms with Gasteiger partial charge >= 0.3 is 6.18 Å². The highest BCUT2D eigenvalue weighted by atomic mass is 35.5. The van der Waals surface area contributed by atoms with Crippen LogP contribution in [0.1, 0.15) is 34.6 Å². The first kappa shape index (κ1) is 29.6. The molecule has 2 amide bonds. The zero-order chi connectivity index (χ0) is 29.9. The number of halogens is 4. The maximum atomic E-state index is 12.6. The molecule has 0 aliphatic rings. The van der Waals surface area contributed by atoms with Gasteiger partial charge in [-0.3, -0.25) is 9.59 Å². The summed E-state index contributed by atoms with van der Waals surface area (Å²) >= 11 is 6.20. The predicted molar refractivity (Wildman–Crippen MR) is 147 cm³/mol. The molecule has 2 aromatic heterocycles. The number of alkyl halides is 3. The van der Waals surface area contributed by atoms with Gasteiger partial charge in [0.05, 0.1) is 35.5 Å². The van der Waals surface area contributed by atoms with Crippen LogP contribution in [0, 0.1) is 0 Å². The first-order valence-corrected chi connectivity index (χ1v) is 12.6. The van der Waals surface area contributed by atoms with Crippen molar-refractivity contribution in [3.63, 3.8) is 0 Å². The Morgan fingerprint density at radius 2 is 1.78 bits per heavy atom. The van der Waals surface area contributed by atoms with Crippen molar-refractivity contribution in [2.45, 2.75) is 25.6 Å². The molecular weight excluding hydrogens is 565 g/mol. The molecule has 0 spiro atoms. The van der Waals surface area contributed by atoms with Crippen LogP contribution >= 0.6 is 11.6 Å². The minimum atomic E-state index is -4.54. The van der Waals surface area contributed by atoms with Crippen molar-refractivity contribution in [1.82, 2.24) is 25.2 Å². The number of amides is 2. The molecule has 216 valence electrons. The number of carbonyl (C=O) groups is 2. The molecule has 0 fully saturated rings. The number of ether oxygens (including phenoxy) is 1. The zero-order valence-electron chi connectivity index (χ0n) is 22.1. The molecule has 0 radical (unpaired) electrons. The Morgan fingerprint density at radius 1 is 1.05 bits per heavy atom. The fourth-order valence-corrected chi connectivity index (χ4v) is 4.00. The third kappa shape index (κ3) is 7.24. The summed E-state index contributed by atoms with van der Waals surface area (Å²) in [5.74, 6) is -0.691. The summed E-state index contributed by atoms with van der Waals surface area (Å²) in [4.78, 5) is 29.1. The van der Waals surface area contributed by atoms with Crippen molar-refractivity contribution in [3.8, 4) is 16.9 Å². The summed E-state index contributed by atoms with van der Waals surface area (Å²) in [5.41, 5.74) is 1.75. The van der Waals surface area contributed by atoms with Gasteiger partial charge in [0, 0.05) is 17.3 Å². The molecule has 41 heavy (non-hydrogen) atoms. The second-order valence-electron chi connectivity index (χ2n) is 9.68. The summed E-state index contributed by atoms with van der Waals surface area (Å²) in [6.45, 7) is 1.71. The van der Waals surface area contributed by atoms with Gasteiger partial charge in [-0.05, 0) is 61.9 Å². The SMILES string of the molecule is COc1cc(C(=O)NC(C)(C)CO)ccc1Nc1nc2ccc(-c3ccc(C(=O)NCC(F)(F)F)c(Cl)c3)cn2n1. The van der Waals surface area contributed by atoms with Gasteiger partial charge in [-0.15, -0.1) is 5.10 Å². The van der Waals surface area contributed by atoms with Crippen LogP contribution in [0.2, 0.25) is 5.02 Å². The number of rotatable bonds is 9. The number of carbonyl (C=O) groups excluding carboxylic acids is 2. The summed E-state index contributed by atoms with van der Waals surface area (Å²) in [7, 11) is 1.46. The average molecular weight is 591 g/mol. The van der Waals surface area contributed by atoms with Gasteiger partial charge in [0.15, 0.2) is 5.65 Å². The maximum Gasteiger partial charge on any atom is 0.405 e. The van der Waals surface area contributed by atoms with Crippen LogP contribution in [0.3, 0.4) is 0 Å². The van der Waals surface area contributed by atoms with Crippen molar-refractivity contribution in [2.75, 3.05) is 25.6 Å². The van der Waals surface area contributed by atoms with Crippen molar-refractivity contribution in [1.29, 1.82) is 0 Å². The first-order valence-electron chi connectivity index (χ1n) is 12.2. The summed E-state index contributed by atoms with van der Waals surface area (Å²) < 4.78 is 44.2. The number of aliphatic hydroxyl groups is 1. The summed E-state index contributed by atoms with van der Waals surface area (Å²) in [6, 6.07) is 12.6. The van der Waals surface area contributed by atoms with Crippen molar-refractivity contribution >= 4 is 40.7 Å². The molecule has 0 saturated heterocycles. The summed E-state index contributed by atoms with van der Waals surface area (Å²) in [5, 5.41) is 21.4. The fraction of sp³-hybridized carbons (Fsp3) is 0.259. The number of anilines is 2. The van der Waals surface area contributed by atoms with E-state index in [0.717, 1.165) is 0 Å². The van der Waals surface area contributed by atoms with Crippen LogP contribution in [0.25, 0.3) is 16.8 Å². The molecule has 14 heteroatoms. The van der Waals surface area contributed by atoms with Gasteiger partial charge in [0.1, 0.15) is 12.3 Å². The number of fused-ring (bicyclic) bond motifs is 1. The van der Waals surface area contributed by atoms with E-state index in [0.29, 0.717) is 33.8 Å². The standard InChI is InChI=1S/C27H26ClF3N6O4/c1-26(2,14-38)35-23(39)16-5-8-20(21(11-16)41-3)33-25-34-22-9-6-17(12-37(22)36-25)15-4-7-18(19(28)10-15)24(40)32-13-27(29,30)31/h4-12,38H,13-14H2,1-3H3,(H,32,40)(H,33,36)(H,35,39). The highest BCUT2D eigenvalue weighted by Crippen LogP contribution is 2.29. The number of aromatic nitrogens is 3. The third-order valence-electron chi connectivity index (χ3n) is 5.88. The van der Waals surface area contributed by atoms with Gasteiger partial charge in [-0.25, -0.2) is 4.52 Å². The van der Waals surface area contributed by atoms with Gasteiger partial charge in [-0.2, -0.15) is 18.2 Å². The Balaban J connectivity index is 1.52. The molecule has 0 unspecified atom stereocenters. The molecule has 0 atom stereocenters. The number of hydrogen-bond donors (Lipinski definition) is 4. The van der Waals surface area contributed by atoms with Crippen LogP contribution in [0.5, 0.6) is 5.75 Å². The van der Waals surface area contributed by atoms with Crippen LogP contribution in [-0.2, 0) is 0 Å². The fourth-order valence-electron chi connectivity index (χ4n) is 3.74. The number of hydrogen-bond acceptors (Lipinski definition) is 7. The van der Waals surface area contributed by atoms with Gasteiger partial charge < -0.3 is 25.8 Å². The molecule has 0 aliphatic heterocycles. The van der Waals surface area contributed by atoms with E-state index in [9.17, 15) is 27.9 Å². The molecule has 10 nitrogen and oxygen atoms in total. The Hall–Kier alpha value is -4.36. The molecule has 4 rings (SSSR count). The molecule has 4 aromatic rings. The van der Waals surface area contributed by atoms with Crippen LogP contribution in [0.4, 0.5) is 24.8 Å². The molecule has 4 N–H and O–H groups in total. The molecule has 0 aliphatic carbocycles. The van der Waals surface area contributed by atoms with E-state index < -0.39 is 24.2 Å². The van der Waals surface area contributed by atoms with E-state index in [1.54, 1.807) is 61.8 Å². The Kier molecular flexibility index (Phi) is 8.40. The monoisotopic (exact) mass is 590 g/mol. The Bertz CT molecular complexity index is 1610. The molecular formula is C27H26ClF3N6O4. The van der Waals surface area contributed by atoms with Crippen molar-refractivity contribution in [2.24, 2.45) is 0 Å². The third-order valence-corrected chi connectivity index (χ3v) is 6.20. The van der Waals surface area contributed by atoms with Crippen molar-refractivity contribution in [3.05, 3.63) is 70.9 Å². The molecule has 2 aromatic carbocycles. The van der Waals surface area contributed by atoms with E-state index in [1.807, 2.05) is 0 Å². The maximum absolute atomic E-state index is 12.6. The van der Waals surface area contributed by atoms with Crippen LogP contribution in [0.15, 0.2) is 54.7 Å². The van der Waals surface area contributed by atoms with E-state index in [2.05, 4.69) is 20.7 Å². The highest BCUT2D eigenvalue weighted by molar-refractivity contribution is 6.34. The number of methoxy groups -OCH3 is 1. The van der Waals surface area contributed by atoms with Crippen LogP contribution in [-0.4, -0.2) is 63.5 Å². The first-order chi connectivity index (χ1) is 19.3. The van der Waals surface area contributed by atoms with E-state index >= 15 is 0 Å². The lowest BCUT2D eigenvalue weighted by molar-refractivity contribution is -0.123. The van der Waals surface area contributed by atoms with Gasteiger partial charge in [0.2, 0.25) is 5.95 Å². The quantitative estimate of drug-likeness (QED) is 0.224. The van der Waals surface area contributed by atoms with E-state index in [-0.39, 0.29) is 29.0 Å². The largest absolute Gasteiger partial charge is 0.495 e. The zero-order valence-corrected chi connectivity index (χ0v) is 22.9. The molecule has 2 heterocycles. The second kappa shape index (κ2) is 11.6. The average Bonchev–Trinajstić information content (AvgIpc) is 3.32. The normalized spacial score (nSPS) is 11.8. The van der Waals surface area contributed by atoms with E-state index in [1.165, 1.54) is 23.8 Å². The number of nitrogens with one attached hydrogen (secondary N) is 3. The predicted octanol–water partition coefficient (Wildman–Crippen LogP) is 4.59. The number of pyridine rings is 1. The minimum absolute atomic E-state index is 0.00707. The second-order valence-corrected chi connectivity index (χ2v) is 10.1. The lowest BCUT2D eigenvalue weighted by atomic mass is 10.1. The number of benzene rings is 2. The molecule has 0 bridgehead atoms. The highest BCUT2D eigenvalue weighted by Gasteiger charge is 2.28. The molecule has 0 saturated carbocycles. The lowest BCUT2D eigenvalue weighted by Crippen LogP contribution is -2.46. The number of nitrogens with zero attached hydrogens (tertiary/aromatic N) is 3. The number of aliphatic hydroxyl groups excluding tert-OH is 1. The van der Waals surface area contributed by atoms with Crippen molar-refractivity contribution < 1.29 is 32.6 Å². The lowest BCUT2D eigenvalue weighted by Gasteiger charge is -2.23. The smallest absolute Gasteiger partial charge is 0.405 e.